The molecule has 10 heteroatoms. The lowest BCUT2D eigenvalue weighted by atomic mass is 9.84. The number of pyridine rings is 1. The first-order chi connectivity index (χ1) is 17.0. The van der Waals surface area contributed by atoms with Gasteiger partial charge in [-0.25, -0.2) is 9.98 Å². The predicted octanol–water partition coefficient (Wildman–Crippen LogP) is 2.55. The van der Waals surface area contributed by atoms with Gasteiger partial charge in [-0.15, -0.1) is 0 Å². The van der Waals surface area contributed by atoms with Crippen LogP contribution in [0.3, 0.4) is 0 Å². The van der Waals surface area contributed by atoms with Crippen molar-refractivity contribution in [3.05, 3.63) is 23.5 Å². The lowest BCUT2D eigenvalue weighted by Gasteiger charge is -2.44. The second-order valence-electron chi connectivity index (χ2n) is 10.2. The molecule has 2 aromatic heterocycles. The minimum absolute atomic E-state index is 0.0229. The van der Waals surface area contributed by atoms with Crippen LogP contribution in [0, 0.1) is 11.8 Å². The third-order valence-corrected chi connectivity index (χ3v) is 7.85. The molecule has 5 aliphatic heterocycles. The molecule has 35 heavy (non-hydrogen) atoms. The normalized spacial score (nSPS) is 27.3. The topological polar surface area (TPSA) is 122 Å². The Morgan fingerprint density at radius 2 is 2.00 bits per heavy atom. The summed E-state index contributed by atoms with van der Waals surface area (Å²) in [6.45, 7) is 5.24. The number of nitrogens with zero attached hydrogens (tertiary/aromatic N) is 5. The average Bonchev–Trinajstić information content (AvgIpc) is 3.42. The van der Waals surface area contributed by atoms with Crippen LogP contribution in [0.2, 0.25) is 0 Å². The van der Waals surface area contributed by atoms with Crippen LogP contribution < -0.4 is 10.6 Å². The third-order valence-electron chi connectivity index (χ3n) is 7.85. The summed E-state index contributed by atoms with van der Waals surface area (Å²) in [4.78, 5) is 33.8. The highest BCUT2D eigenvalue weighted by Gasteiger charge is 2.34. The van der Waals surface area contributed by atoms with Gasteiger partial charge in [0.15, 0.2) is 5.82 Å². The number of aromatic hydroxyl groups is 1. The molecule has 2 bridgehead atoms. The zero-order chi connectivity index (χ0) is 23.9. The smallest absolute Gasteiger partial charge is 0.238 e. The highest BCUT2D eigenvalue weighted by molar-refractivity contribution is 6.21. The summed E-state index contributed by atoms with van der Waals surface area (Å²) < 4.78 is 0. The molecule has 0 spiro atoms. The van der Waals surface area contributed by atoms with E-state index in [9.17, 15) is 9.90 Å². The lowest BCUT2D eigenvalue weighted by molar-refractivity contribution is -0.121. The number of allylic oxidation sites excluding steroid dienone is 1. The fourth-order valence-corrected chi connectivity index (χ4v) is 5.68. The van der Waals surface area contributed by atoms with Crippen LogP contribution >= 0.6 is 0 Å². The van der Waals surface area contributed by atoms with Gasteiger partial charge in [0.1, 0.15) is 5.69 Å². The van der Waals surface area contributed by atoms with Crippen LogP contribution in [0.4, 0.5) is 17.5 Å². The Morgan fingerprint density at radius 3 is 2.74 bits per heavy atom. The number of nitrogens with one attached hydrogen (secondary N) is 3. The molecular formula is C25H32N8O2. The van der Waals surface area contributed by atoms with Gasteiger partial charge in [0.05, 0.1) is 11.9 Å². The van der Waals surface area contributed by atoms with Gasteiger partial charge < -0.3 is 30.5 Å². The van der Waals surface area contributed by atoms with Gasteiger partial charge in [-0.2, -0.15) is 4.98 Å². The number of fused-ring (bicyclic) bond motifs is 4. The number of likely N-dealkylation sites (tertiary alicyclic amines) is 1. The molecule has 0 aromatic carbocycles. The Bertz CT molecular complexity index is 1170. The van der Waals surface area contributed by atoms with Crippen molar-refractivity contribution in [1.82, 2.24) is 24.8 Å². The van der Waals surface area contributed by atoms with Crippen molar-refractivity contribution in [3.8, 4) is 5.88 Å². The van der Waals surface area contributed by atoms with E-state index in [1.165, 1.54) is 25.9 Å². The summed E-state index contributed by atoms with van der Waals surface area (Å²) in [5, 5.41) is 17.0. The van der Waals surface area contributed by atoms with Crippen LogP contribution in [0.5, 0.6) is 5.88 Å². The minimum Gasteiger partial charge on any atom is -0.492 e. The van der Waals surface area contributed by atoms with Crippen molar-refractivity contribution in [2.45, 2.75) is 31.7 Å². The summed E-state index contributed by atoms with van der Waals surface area (Å²) in [5.41, 5.74) is 2.79. The molecule has 1 unspecified atom stereocenters. The molecule has 0 saturated carbocycles. The number of aromatic amines is 1. The largest absolute Gasteiger partial charge is 0.492 e. The molecule has 0 aliphatic carbocycles. The Kier molecular flexibility index (Phi) is 5.77. The van der Waals surface area contributed by atoms with Gasteiger partial charge in [0.2, 0.25) is 17.7 Å². The van der Waals surface area contributed by atoms with Crippen LogP contribution in [0.1, 0.15) is 36.9 Å². The summed E-state index contributed by atoms with van der Waals surface area (Å²) >= 11 is 0. The number of aliphatic imine (C=N–C) groups is 1. The van der Waals surface area contributed by atoms with E-state index in [4.69, 9.17) is 0 Å². The molecule has 184 valence electrons. The summed E-state index contributed by atoms with van der Waals surface area (Å²) in [6, 6.07) is 2.24. The molecule has 1 atom stereocenters. The zero-order valence-electron chi connectivity index (χ0n) is 20.0. The summed E-state index contributed by atoms with van der Waals surface area (Å²) in [6.07, 6.45) is 9.34. The van der Waals surface area contributed by atoms with Crippen LogP contribution in [-0.2, 0) is 4.79 Å². The summed E-state index contributed by atoms with van der Waals surface area (Å²) in [7, 11) is 2.08. The summed E-state index contributed by atoms with van der Waals surface area (Å²) in [5.74, 6) is 1.84. The number of anilines is 2. The maximum atomic E-state index is 12.7. The Morgan fingerprint density at radius 1 is 1.20 bits per heavy atom. The van der Waals surface area contributed by atoms with E-state index >= 15 is 0 Å². The first-order valence-corrected chi connectivity index (χ1v) is 12.6. The molecule has 2 aromatic rings. The number of H-pyrrole nitrogens is 1. The van der Waals surface area contributed by atoms with Crippen molar-refractivity contribution in [1.29, 1.82) is 0 Å². The zero-order valence-corrected chi connectivity index (χ0v) is 20.0. The van der Waals surface area contributed by atoms with E-state index in [0.717, 1.165) is 43.6 Å². The number of carbonyl (C=O) groups excluding carboxylic acids is 1. The number of amides is 1. The minimum atomic E-state index is -0.0530. The van der Waals surface area contributed by atoms with E-state index in [0.29, 0.717) is 35.1 Å². The highest BCUT2D eigenvalue weighted by atomic mass is 16.3. The highest BCUT2D eigenvalue weighted by Crippen LogP contribution is 2.35. The predicted molar refractivity (Wildman–Crippen MR) is 136 cm³/mol. The number of rotatable bonds is 5. The van der Waals surface area contributed by atoms with Crippen molar-refractivity contribution in [2.24, 2.45) is 16.8 Å². The van der Waals surface area contributed by atoms with Gasteiger partial charge in [0.25, 0.3) is 0 Å². The SMILES string of the molecule is CN1CCC(C(=O)Nc2cnc3c(c2)C(=Cc2[nH]c(NC4CN5CCC4CC5)nc2O)C=N3)CC1. The lowest BCUT2D eigenvalue weighted by Crippen LogP contribution is -2.53. The molecule has 4 fully saturated rings. The number of piperidine rings is 4. The molecular weight excluding hydrogens is 444 g/mol. The second-order valence-corrected chi connectivity index (χ2v) is 10.2. The maximum Gasteiger partial charge on any atom is 0.238 e. The van der Waals surface area contributed by atoms with Crippen molar-refractivity contribution in [3.63, 3.8) is 0 Å². The van der Waals surface area contributed by atoms with Crippen LogP contribution in [0.25, 0.3) is 11.6 Å². The van der Waals surface area contributed by atoms with Gasteiger partial charge >= 0.3 is 0 Å². The second kappa shape index (κ2) is 9.09. The first kappa shape index (κ1) is 22.2. The van der Waals surface area contributed by atoms with Gasteiger partial charge in [-0.1, -0.05) is 0 Å². The average molecular weight is 477 g/mol. The molecule has 5 aliphatic rings. The number of imidazole rings is 1. The monoisotopic (exact) mass is 476 g/mol. The van der Waals surface area contributed by atoms with E-state index in [2.05, 4.69) is 47.4 Å². The van der Waals surface area contributed by atoms with E-state index in [1.54, 1.807) is 12.4 Å². The van der Waals surface area contributed by atoms with Crippen molar-refractivity contribution < 1.29 is 9.90 Å². The van der Waals surface area contributed by atoms with Gasteiger partial charge in [0, 0.05) is 35.9 Å². The molecule has 10 nitrogen and oxygen atoms in total. The standard InChI is InChI=1S/C25H32N8O2/c1-32-6-2-16(3-7-32)23(34)28-18-11-19-17(12-26-22(19)27-13-18)10-20-24(35)31-25(29-20)30-21-14-33-8-4-15(21)5-9-33/h10-13,15-16,21,35H,2-9,14H2,1H3,(H,28,34)(H2,29,30,31). The molecule has 7 rings (SSSR count). The molecule has 4 N–H and O–H groups in total. The fraction of sp³-hybridized carbons (Fsp3) is 0.520. The Hall–Kier alpha value is -3.24. The van der Waals surface area contributed by atoms with Crippen LogP contribution in [0.15, 0.2) is 17.3 Å². The quantitative estimate of drug-likeness (QED) is 0.523. The molecule has 0 radical (unpaired) electrons. The molecule has 4 saturated heterocycles. The Balaban J connectivity index is 1.16. The molecule has 7 heterocycles. The third kappa shape index (κ3) is 4.55. The number of hydrogen-bond donors (Lipinski definition) is 4. The fourth-order valence-electron chi connectivity index (χ4n) is 5.68. The van der Waals surface area contributed by atoms with Crippen LogP contribution in [-0.4, -0.2) is 87.8 Å². The number of aromatic nitrogens is 3. The maximum absolute atomic E-state index is 12.7. The van der Waals surface area contributed by atoms with E-state index < -0.39 is 0 Å². The number of hydrogen-bond acceptors (Lipinski definition) is 8. The van der Waals surface area contributed by atoms with Crippen molar-refractivity contribution >= 4 is 41.2 Å². The number of carbonyl (C=O) groups is 1. The van der Waals surface area contributed by atoms with Gasteiger partial charge in [-0.3, -0.25) is 4.79 Å². The van der Waals surface area contributed by atoms with Crippen molar-refractivity contribution in [2.75, 3.05) is 50.4 Å². The van der Waals surface area contributed by atoms with E-state index in [-0.39, 0.29) is 17.7 Å². The Labute approximate surface area is 204 Å². The van der Waals surface area contributed by atoms with E-state index in [1.807, 2.05) is 12.1 Å². The first-order valence-electron chi connectivity index (χ1n) is 12.6. The molecule has 1 amide bonds. The van der Waals surface area contributed by atoms with Gasteiger partial charge in [-0.05, 0) is 77.0 Å².